The molecule has 0 heterocycles. The van der Waals surface area contributed by atoms with Gasteiger partial charge in [-0.2, -0.15) is 0 Å². The minimum absolute atomic E-state index is 0.0907. The SMILES string of the molecule is [CH2]C(=O)OC1CCC(F)CC1. The molecule has 1 saturated carbocycles. The smallest absolute Gasteiger partial charge is 0.306 e. The zero-order valence-electron chi connectivity index (χ0n) is 6.38. The second kappa shape index (κ2) is 3.69. The molecule has 0 aromatic heterocycles. The lowest BCUT2D eigenvalue weighted by atomic mass is 9.96. The summed E-state index contributed by atoms with van der Waals surface area (Å²) in [5.74, 6) is -0.507. The Kier molecular flexibility index (Phi) is 2.85. The Balaban J connectivity index is 2.22. The lowest BCUT2D eigenvalue weighted by molar-refractivity contribution is -0.145. The first-order valence-corrected chi connectivity index (χ1v) is 3.85. The molecule has 0 N–H and O–H groups in total. The molecule has 1 fully saturated rings. The van der Waals surface area contributed by atoms with Crippen molar-refractivity contribution in [2.45, 2.75) is 38.0 Å². The van der Waals surface area contributed by atoms with Crippen LogP contribution in [0.25, 0.3) is 0 Å². The third kappa shape index (κ3) is 2.87. The third-order valence-electron chi connectivity index (χ3n) is 1.90. The zero-order chi connectivity index (χ0) is 8.27. The Morgan fingerprint density at radius 2 is 1.91 bits per heavy atom. The lowest BCUT2D eigenvalue weighted by Gasteiger charge is -2.23. The maximum absolute atomic E-state index is 12.5. The summed E-state index contributed by atoms with van der Waals surface area (Å²) in [4.78, 5) is 10.4. The maximum Gasteiger partial charge on any atom is 0.306 e. The van der Waals surface area contributed by atoms with E-state index in [1.807, 2.05) is 0 Å². The highest BCUT2D eigenvalue weighted by Crippen LogP contribution is 2.23. The molecule has 0 unspecified atom stereocenters. The molecule has 0 bridgehead atoms. The number of ether oxygens (including phenoxy) is 1. The van der Waals surface area contributed by atoms with Crippen LogP contribution in [-0.4, -0.2) is 18.2 Å². The van der Waals surface area contributed by atoms with Crippen LogP contribution in [0.4, 0.5) is 4.39 Å². The van der Waals surface area contributed by atoms with Crippen LogP contribution in [0, 0.1) is 6.92 Å². The quantitative estimate of drug-likeness (QED) is 0.544. The van der Waals surface area contributed by atoms with Crippen molar-refractivity contribution in [2.75, 3.05) is 0 Å². The summed E-state index contributed by atoms with van der Waals surface area (Å²) < 4.78 is 17.4. The van der Waals surface area contributed by atoms with E-state index in [1.54, 1.807) is 0 Å². The van der Waals surface area contributed by atoms with Crippen molar-refractivity contribution in [1.82, 2.24) is 0 Å². The standard InChI is InChI=1S/C8H12FO2/c1-6(10)11-8-4-2-7(9)3-5-8/h7-8H,1-5H2. The van der Waals surface area contributed by atoms with Crippen molar-refractivity contribution in [2.24, 2.45) is 0 Å². The minimum Gasteiger partial charge on any atom is -0.462 e. The van der Waals surface area contributed by atoms with Crippen LogP contribution in [0.2, 0.25) is 0 Å². The minimum atomic E-state index is -0.699. The summed E-state index contributed by atoms with van der Waals surface area (Å²) in [5.41, 5.74) is 0. The van der Waals surface area contributed by atoms with Gasteiger partial charge in [0.05, 0.1) is 6.92 Å². The molecule has 0 amide bonds. The van der Waals surface area contributed by atoms with Gasteiger partial charge in [0.25, 0.3) is 0 Å². The summed E-state index contributed by atoms with van der Waals surface area (Å²) in [6.07, 6.45) is 1.52. The first-order chi connectivity index (χ1) is 5.18. The highest BCUT2D eigenvalue weighted by atomic mass is 19.1. The topological polar surface area (TPSA) is 26.3 Å². The first-order valence-electron chi connectivity index (χ1n) is 3.85. The molecule has 0 aliphatic heterocycles. The van der Waals surface area contributed by atoms with Gasteiger partial charge in [-0.25, -0.2) is 4.39 Å². The van der Waals surface area contributed by atoms with Crippen molar-refractivity contribution >= 4 is 5.97 Å². The number of hydrogen-bond acceptors (Lipinski definition) is 2. The summed E-state index contributed by atoms with van der Waals surface area (Å²) in [7, 11) is 0. The normalized spacial score (nSPS) is 31.5. The summed E-state index contributed by atoms with van der Waals surface area (Å²) >= 11 is 0. The van der Waals surface area contributed by atoms with E-state index in [0.29, 0.717) is 25.7 Å². The Labute approximate surface area is 65.7 Å². The molecule has 1 aliphatic carbocycles. The highest BCUT2D eigenvalue weighted by Gasteiger charge is 2.22. The fraction of sp³-hybridized carbons (Fsp3) is 0.750. The number of carbonyl (C=O) groups excluding carboxylic acids is 1. The summed E-state index contributed by atoms with van der Waals surface area (Å²) in [6, 6.07) is 0. The van der Waals surface area contributed by atoms with Crippen LogP contribution in [0.5, 0.6) is 0 Å². The van der Waals surface area contributed by atoms with Crippen LogP contribution in [0.3, 0.4) is 0 Å². The predicted molar refractivity (Wildman–Crippen MR) is 38.6 cm³/mol. The third-order valence-corrected chi connectivity index (χ3v) is 1.90. The van der Waals surface area contributed by atoms with E-state index in [9.17, 15) is 9.18 Å². The van der Waals surface area contributed by atoms with Crippen molar-refractivity contribution in [3.63, 3.8) is 0 Å². The van der Waals surface area contributed by atoms with Crippen LogP contribution < -0.4 is 0 Å². The molecule has 0 saturated heterocycles. The Bertz CT molecular complexity index is 139. The fourth-order valence-corrected chi connectivity index (χ4v) is 1.33. The molecular weight excluding hydrogens is 147 g/mol. The van der Waals surface area contributed by atoms with Crippen molar-refractivity contribution in [3.8, 4) is 0 Å². The van der Waals surface area contributed by atoms with Crippen LogP contribution in [-0.2, 0) is 9.53 Å². The average Bonchev–Trinajstić information content (AvgIpc) is 1.93. The fourth-order valence-electron chi connectivity index (χ4n) is 1.33. The number of carbonyl (C=O) groups is 1. The van der Waals surface area contributed by atoms with Gasteiger partial charge in [0.15, 0.2) is 0 Å². The van der Waals surface area contributed by atoms with E-state index in [-0.39, 0.29) is 6.10 Å². The van der Waals surface area contributed by atoms with Crippen molar-refractivity contribution < 1.29 is 13.9 Å². The van der Waals surface area contributed by atoms with E-state index in [0.717, 1.165) is 0 Å². The lowest BCUT2D eigenvalue weighted by Crippen LogP contribution is -2.23. The van der Waals surface area contributed by atoms with Crippen LogP contribution in [0.1, 0.15) is 25.7 Å². The van der Waals surface area contributed by atoms with E-state index in [2.05, 4.69) is 6.92 Å². The van der Waals surface area contributed by atoms with Gasteiger partial charge in [-0.1, -0.05) is 0 Å². The van der Waals surface area contributed by atoms with E-state index in [4.69, 9.17) is 4.74 Å². The molecule has 1 radical (unpaired) electrons. The van der Waals surface area contributed by atoms with Gasteiger partial charge in [0.1, 0.15) is 12.3 Å². The van der Waals surface area contributed by atoms with Gasteiger partial charge in [0.2, 0.25) is 0 Å². The largest absolute Gasteiger partial charge is 0.462 e. The average molecular weight is 159 g/mol. The molecule has 3 heteroatoms. The summed E-state index contributed by atoms with van der Waals surface area (Å²) in [6.45, 7) is 3.10. The molecule has 0 aromatic rings. The van der Waals surface area contributed by atoms with Crippen molar-refractivity contribution in [1.29, 1.82) is 0 Å². The molecule has 0 aromatic carbocycles. The second-order valence-corrected chi connectivity index (χ2v) is 2.86. The van der Waals surface area contributed by atoms with E-state index >= 15 is 0 Å². The first kappa shape index (κ1) is 8.50. The molecule has 0 atom stereocenters. The molecule has 1 aliphatic rings. The number of esters is 1. The maximum atomic E-state index is 12.5. The highest BCUT2D eigenvalue weighted by molar-refractivity contribution is 5.73. The van der Waals surface area contributed by atoms with Crippen molar-refractivity contribution in [3.05, 3.63) is 6.92 Å². The Morgan fingerprint density at radius 1 is 1.36 bits per heavy atom. The second-order valence-electron chi connectivity index (χ2n) is 2.86. The Hall–Kier alpha value is -0.600. The predicted octanol–water partition coefficient (Wildman–Crippen LogP) is 1.64. The van der Waals surface area contributed by atoms with Gasteiger partial charge >= 0.3 is 5.97 Å². The number of rotatable bonds is 1. The van der Waals surface area contributed by atoms with Gasteiger partial charge < -0.3 is 4.74 Å². The van der Waals surface area contributed by atoms with E-state index < -0.39 is 12.1 Å². The summed E-state index contributed by atoms with van der Waals surface area (Å²) in [5, 5.41) is 0. The monoisotopic (exact) mass is 159 g/mol. The molecular formula is C8H12FO2. The zero-order valence-corrected chi connectivity index (χ0v) is 6.38. The van der Waals surface area contributed by atoms with Crippen LogP contribution >= 0.6 is 0 Å². The molecule has 11 heavy (non-hydrogen) atoms. The number of halogens is 1. The number of hydrogen-bond donors (Lipinski definition) is 0. The Morgan fingerprint density at radius 3 is 2.36 bits per heavy atom. The number of alkyl halides is 1. The molecule has 0 spiro atoms. The van der Waals surface area contributed by atoms with Crippen LogP contribution in [0.15, 0.2) is 0 Å². The van der Waals surface area contributed by atoms with Gasteiger partial charge in [-0.05, 0) is 25.7 Å². The van der Waals surface area contributed by atoms with Gasteiger partial charge in [-0.3, -0.25) is 4.79 Å². The van der Waals surface area contributed by atoms with Gasteiger partial charge in [-0.15, -0.1) is 0 Å². The molecule has 2 nitrogen and oxygen atoms in total. The van der Waals surface area contributed by atoms with E-state index in [1.165, 1.54) is 0 Å². The van der Waals surface area contributed by atoms with Gasteiger partial charge in [0, 0.05) is 0 Å². The molecule has 1 rings (SSSR count). The molecule has 63 valence electrons.